The molecule has 0 aliphatic carbocycles. The summed E-state index contributed by atoms with van der Waals surface area (Å²) in [5.74, 6) is 0.263. The van der Waals surface area contributed by atoms with Crippen LogP contribution >= 0.6 is 11.3 Å². The number of rotatable bonds is 3. The Labute approximate surface area is 176 Å². The molecule has 4 aromatic rings. The quantitative estimate of drug-likeness (QED) is 0.485. The molecule has 6 nitrogen and oxygen atoms in total. The summed E-state index contributed by atoms with van der Waals surface area (Å²) in [4.78, 5) is 32.9. The molecule has 0 fully saturated rings. The molecule has 2 aromatic carbocycles. The number of carbonyl (C=O) groups is 1. The van der Waals surface area contributed by atoms with Crippen molar-refractivity contribution in [2.45, 2.75) is 19.9 Å². The number of fused-ring (bicyclic) bond motifs is 2. The number of benzene rings is 2. The van der Waals surface area contributed by atoms with Gasteiger partial charge in [0.15, 0.2) is 10.6 Å². The number of carbonyl (C=O) groups excluding carboxylic acids is 1. The molecular formula is C23H18N2O4S. The molecule has 1 aliphatic heterocycles. The standard InChI is InChI=1S/C23H18N2O4S/c1-12-10-15-17(11-13(12)2)29-21-18(20(15)26)19(14-6-4-5-7-16(14)28-3)25(22(21)27)23-24-8-9-30-23/h4-11,19H,1-3H3. The number of aryl methyl sites for hydroxylation is 2. The number of para-hydroxylation sites is 1. The Kier molecular flexibility index (Phi) is 4.22. The van der Waals surface area contributed by atoms with E-state index in [2.05, 4.69) is 4.98 Å². The molecule has 5 rings (SSSR count). The molecule has 0 spiro atoms. The normalized spacial score (nSPS) is 15.6. The van der Waals surface area contributed by atoms with E-state index in [0.717, 1.165) is 11.1 Å². The number of anilines is 1. The zero-order valence-corrected chi connectivity index (χ0v) is 17.4. The molecule has 1 amide bonds. The van der Waals surface area contributed by atoms with Gasteiger partial charge in [-0.25, -0.2) is 4.98 Å². The highest BCUT2D eigenvalue weighted by Crippen LogP contribution is 2.44. The molecular weight excluding hydrogens is 400 g/mol. The van der Waals surface area contributed by atoms with Crippen molar-refractivity contribution in [3.05, 3.63) is 86.2 Å². The largest absolute Gasteiger partial charge is 0.496 e. The first-order chi connectivity index (χ1) is 14.5. The average Bonchev–Trinajstić information content (AvgIpc) is 3.36. The fourth-order valence-electron chi connectivity index (χ4n) is 3.95. The highest BCUT2D eigenvalue weighted by Gasteiger charge is 2.45. The van der Waals surface area contributed by atoms with Crippen molar-refractivity contribution in [3.63, 3.8) is 0 Å². The van der Waals surface area contributed by atoms with Crippen LogP contribution < -0.4 is 15.1 Å². The Morgan fingerprint density at radius 1 is 1.13 bits per heavy atom. The maximum absolute atomic E-state index is 13.6. The summed E-state index contributed by atoms with van der Waals surface area (Å²) in [6.45, 7) is 3.90. The fourth-order valence-corrected chi connectivity index (χ4v) is 4.61. The van der Waals surface area contributed by atoms with Gasteiger partial charge < -0.3 is 9.15 Å². The van der Waals surface area contributed by atoms with E-state index in [-0.39, 0.29) is 17.1 Å². The molecule has 0 saturated carbocycles. The maximum atomic E-state index is 13.6. The first-order valence-electron chi connectivity index (χ1n) is 9.45. The van der Waals surface area contributed by atoms with Crippen LogP contribution in [-0.2, 0) is 0 Å². The van der Waals surface area contributed by atoms with Gasteiger partial charge in [-0.2, -0.15) is 0 Å². The Morgan fingerprint density at radius 3 is 2.63 bits per heavy atom. The van der Waals surface area contributed by atoms with Crippen LogP contribution in [0.25, 0.3) is 11.0 Å². The third kappa shape index (κ3) is 2.59. The molecule has 2 aromatic heterocycles. The third-order valence-corrected chi connectivity index (χ3v) is 6.32. The van der Waals surface area contributed by atoms with Gasteiger partial charge in [0.2, 0.25) is 5.76 Å². The summed E-state index contributed by atoms with van der Waals surface area (Å²) >= 11 is 1.33. The number of hydrogen-bond donors (Lipinski definition) is 0. The van der Waals surface area contributed by atoms with Crippen molar-refractivity contribution >= 4 is 33.3 Å². The molecule has 0 N–H and O–H groups in total. The Bertz CT molecular complexity index is 1360. The van der Waals surface area contributed by atoms with Crippen LogP contribution in [0.15, 0.2) is 57.2 Å². The number of amides is 1. The van der Waals surface area contributed by atoms with E-state index < -0.39 is 6.04 Å². The molecule has 1 unspecified atom stereocenters. The van der Waals surface area contributed by atoms with Gasteiger partial charge in [0.05, 0.1) is 18.1 Å². The molecule has 150 valence electrons. The fraction of sp³-hybridized carbons (Fsp3) is 0.174. The van der Waals surface area contributed by atoms with Gasteiger partial charge in [0.1, 0.15) is 17.4 Å². The van der Waals surface area contributed by atoms with Gasteiger partial charge in [-0.3, -0.25) is 14.5 Å². The molecule has 1 aliphatic rings. The number of nitrogens with zero attached hydrogens (tertiary/aromatic N) is 2. The van der Waals surface area contributed by atoms with Crippen molar-refractivity contribution in [3.8, 4) is 5.75 Å². The van der Waals surface area contributed by atoms with E-state index in [9.17, 15) is 9.59 Å². The van der Waals surface area contributed by atoms with Gasteiger partial charge >= 0.3 is 0 Å². The van der Waals surface area contributed by atoms with Gasteiger partial charge in [-0.15, -0.1) is 11.3 Å². The number of methoxy groups -OCH3 is 1. The topological polar surface area (TPSA) is 72.6 Å². The van der Waals surface area contributed by atoms with E-state index in [1.54, 1.807) is 18.7 Å². The number of thiazole rings is 1. The van der Waals surface area contributed by atoms with Crippen molar-refractivity contribution in [2.24, 2.45) is 0 Å². The van der Waals surface area contributed by atoms with Crippen LogP contribution in [0.3, 0.4) is 0 Å². The molecule has 0 bridgehead atoms. The van der Waals surface area contributed by atoms with Crippen LogP contribution in [0.1, 0.15) is 38.9 Å². The minimum absolute atomic E-state index is 0.0573. The van der Waals surface area contributed by atoms with Gasteiger partial charge in [0.25, 0.3) is 5.91 Å². The summed E-state index contributed by atoms with van der Waals surface area (Å²) < 4.78 is 11.6. The van der Waals surface area contributed by atoms with Gasteiger partial charge in [-0.05, 0) is 43.2 Å². The van der Waals surface area contributed by atoms with E-state index in [4.69, 9.17) is 9.15 Å². The Balaban J connectivity index is 1.86. The second-order valence-electron chi connectivity index (χ2n) is 7.24. The molecule has 1 atom stereocenters. The van der Waals surface area contributed by atoms with Crippen LogP contribution in [0.5, 0.6) is 5.75 Å². The molecule has 0 saturated heterocycles. The number of aromatic nitrogens is 1. The second-order valence-corrected chi connectivity index (χ2v) is 8.11. The molecule has 7 heteroatoms. The van der Waals surface area contributed by atoms with Crippen LogP contribution in [0.4, 0.5) is 5.13 Å². The zero-order valence-electron chi connectivity index (χ0n) is 16.6. The minimum Gasteiger partial charge on any atom is -0.496 e. The maximum Gasteiger partial charge on any atom is 0.297 e. The van der Waals surface area contributed by atoms with Crippen molar-refractivity contribution in [2.75, 3.05) is 12.0 Å². The monoisotopic (exact) mass is 418 g/mol. The number of hydrogen-bond acceptors (Lipinski definition) is 6. The SMILES string of the molecule is COc1ccccc1C1c2c(oc3cc(C)c(C)cc3c2=O)C(=O)N1c1nccs1. The molecule has 0 radical (unpaired) electrons. The lowest BCUT2D eigenvalue weighted by atomic mass is 9.97. The first-order valence-corrected chi connectivity index (χ1v) is 10.3. The van der Waals surface area contributed by atoms with E-state index in [0.29, 0.717) is 33.0 Å². The molecule has 3 heterocycles. The molecule has 30 heavy (non-hydrogen) atoms. The Hall–Kier alpha value is -3.45. The smallest absolute Gasteiger partial charge is 0.297 e. The zero-order chi connectivity index (χ0) is 21.0. The lowest BCUT2D eigenvalue weighted by Gasteiger charge is -2.24. The van der Waals surface area contributed by atoms with E-state index in [1.165, 1.54) is 16.2 Å². The lowest BCUT2D eigenvalue weighted by molar-refractivity contribution is 0.0970. The van der Waals surface area contributed by atoms with Gasteiger partial charge in [-0.1, -0.05) is 18.2 Å². The summed E-state index contributed by atoms with van der Waals surface area (Å²) in [6.07, 6.45) is 1.63. The number of ether oxygens (including phenoxy) is 1. The summed E-state index contributed by atoms with van der Waals surface area (Å²) in [5.41, 5.74) is 3.21. The summed E-state index contributed by atoms with van der Waals surface area (Å²) in [6, 6.07) is 10.3. The van der Waals surface area contributed by atoms with Crippen molar-refractivity contribution < 1.29 is 13.9 Å². The predicted molar refractivity (Wildman–Crippen MR) is 116 cm³/mol. The first kappa shape index (κ1) is 18.6. The van der Waals surface area contributed by atoms with Crippen molar-refractivity contribution in [1.82, 2.24) is 4.98 Å². The Morgan fingerprint density at radius 2 is 1.90 bits per heavy atom. The highest BCUT2D eigenvalue weighted by molar-refractivity contribution is 7.13. The van der Waals surface area contributed by atoms with Crippen LogP contribution in [0.2, 0.25) is 0 Å². The van der Waals surface area contributed by atoms with Crippen molar-refractivity contribution in [1.29, 1.82) is 0 Å². The average molecular weight is 418 g/mol. The third-order valence-electron chi connectivity index (χ3n) is 5.55. The lowest BCUT2D eigenvalue weighted by Crippen LogP contribution is -2.29. The minimum atomic E-state index is -0.683. The summed E-state index contributed by atoms with van der Waals surface area (Å²) in [5, 5.41) is 2.76. The highest BCUT2D eigenvalue weighted by atomic mass is 32.1. The van der Waals surface area contributed by atoms with E-state index in [1.807, 2.05) is 50.2 Å². The van der Waals surface area contributed by atoms with E-state index >= 15 is 0 Å². The van der Waals surface area contributed by atoms with Gasteiger partial charge in [0, 0.05) is 17.1 Å². The second kappa shape index (κ2) is 6.81. The predicted octanol–water partition coefficient (Wildman–Crippen LogP) is 4.62. The van der Waals surface area contributed by atoms with Crippen LogP contribution in [0, 0.1) is 13.8 Å². The van der Waals surface area contributed by atoms with Crippen LogP contribution in [-0.4, -0.2) is 18.0 Å². The summed E-state index contributed by atoms with van der Waals surface area (Å²) in [7, 11) is 1.57.